The van der Waals surface area contributed by atoms with E-state index in [1.54, 1.807) is 24.5 Å². The van der Waals surface area contributed by atoms with Gasteiger partial charge in [0.1, 0.15) is 12.1 Å². The van der Waals surface area contributed by atoms with Gasteiger partial charge in [0, 0.05) is 31.0 Å². The highest BCUT2D eigenvalue weighted by Gasteiger charge is 1.95. The maximum absolute atomic E-state index is 9.28. The lowest BCUT2D eigenvalue weighted by Gasteiger charge is -2.04. The zero-order chi connectivity index (χ0) is 11.2. The number of phenols is 1. The van der Waals surface area contributed by atoms with E-state index in [0.717, 1.165) is 17.7 Å². The lowest BCUT2D eigenvalue weighted by molar-refractivity contribution is 0.474. The molecule has 1 aromatic heterocycles. The van der Waals surface area contributed by atoms with Gasteiger partial charge in [-0.2, -0.15) is 0 Å². The molecule has 2 N–H and O–H groups in total. The average molecular weight is 215 g/mol. The molecule has 0 radical (unpaired) electrons. The van der Waals surface area contributed by atoms with Gasteiger partial charge in [0.15, 0.2) is 0 Å². The molecule has 4 heteroatoms. The number of hydrogen-bond acceptors (Lipinski definition) is 4. The van der Waals surface area contributed by atoms with Crippen LogP contribution in [0.25, 0.3) is 0 Å². The molecule has 0 saturated carbocycles. The van der Waals surface area contributed by atoms with E-state index < -0.39 is 0 Å². The first-order chi connectivity index (χ1) is 7.84. The van der Waals surface area contributed by atoms with Gasteiger partial charge in [-0.15, -0.1) is 0 Å². The maximum Gasteiger partial charge on any atom is 0.115 e. The Labute approximate surface area is 94.0 Å². The minimum atomic E-state index is 0.294. The lowest BCUT2D eigenvalue weighted by Crippen LogP contribution is -2.12. The van der Waals surface area contributed by atoms with Gasteiger partial charge in [-0.3, -0.25) is 0 Å². The molecule has 1 heterocycles. The van der Waals surface area contributed by atoms with Crippen LogP contribution in [0.2, 0.25) is 0 Å². The Bertz CT molecular complexity index is 445. The Morgan fingerprint density at radius 3 is 2.56 bits per heavy atom. The highest BCUT2D eigenvalue weighted by atomic mass is 16.3. The summed E-state index contributed by atoms with van der Waals surface area (Å²) < 4.78 is 0. The molecule has 0 spiro atoms. The molecule has 0 unspecified atom stereocenters. The molecule has 2 aromatic rings. The Morgan fingerprint density at radius 2 is 1.81 bits per heavy atom. The average Bonchev–Trinajstić information content (AvgIpc) is 2.30. The zero-order valence-electron chi connectivity index (χ0n) is 8.80. The Kier molecular flexibility index (Phi) is 3.46. The molecule has 0 fully saturated rings. The van der Waals surface area contributed by atoms with Crippen LogP contribution >= 0.6 is 0 Å². The van der Waals surface area contributed by atoms with Crippen molar-refractivity contribution in [2.75, 3.05) is 0 Å². The Balaban J connectivity index is 1.85. The van der Waals surface area contributed by atoms with Crippen molar-refractivity contribution in [2.45, 2.75) is 13.1 Å². The molecule has 0 aliphatic carbocycles. The van der Waals surface area contributed by atoms with Gasteiger partial charge in [0.2, 0.25) is 0 Å². The summed E-state index contributed by atoms with van der Waals surface area (Å²) >= 11 is 0. The van der Waals surface area contributed by atoms with Crippen LogP contribution in [0.3, 0.4) is 0 Å². The number of rotatable bonds is 4. The van der Waals surface area contributed by atoms with E-state index in [-0.39, 0.29) is 0 Å². The molecule has 0 saturated heterocycles. The standard InChI is InChI=1S/C12H13N3O/c16-12-3-1-2-10(4-12)5-13-6-11-7-14-9-15-8-11/h1-4,7-9,13,16H,5-6H2. The van der Waals surface area contributed by atoms with E-state index in [1.807, 2.05) is 12.1 Å². The molecule has 2 rings (SSSR count). The fourth-order valence-corrected chi connectivity index (χ4v) is 1.44. The summed E-state index contributed by atoms with van der Waals surface area (Å²) in [7, 11) is 0. The van der Waals surface area contributed by atoms with Gasteiger partial charge in [0.05, 0.1) is 0 Å². The summed E-state index contributed by atoms with van der Waals surface area (Å²) in [6.45, 7) is 1.43. The number of benzene rings is 1. The fourth-order valence-electron chi connectivity index (χ4n) is 1.44. The van der Waals surface area contributed by atoms with E-state index >= 15 is 0 Å². The van der Waals surface area contributed by atoms with Crippen molar-refractivity contribution in [2.24, 2.45) is 0 Å². The number of aromatic hydroxyl groups is 1. The van der Waals surface area contributed by atoms with Gasteiger partial charge in [-0.1, -0.05) is 12.1 Å². The molecule has 0 aliphatic heterocycles. The number of aromatic nitrogens is 2. The predicted molar refractivity (Wildman–Crippen MR) is 60.7 cm³/mol. The summed E-state index contributed by atoms with van der Waals surface area (Å²) in [6, 6.07) is 7.20. The summed E-state index contributed by atoms with van der Waals surface area (Å²) in [6.07, 6.45) is 5.07. The van der Waals surface area contributed by atoms with Gasteiger partial charge < -0.3 is 10.4 Å². The fraction of sp³-hybridized carbons (Fsp3) is 0.167. The number of nitrogens with zero attached hydrogens (tertiary/aromatic N) is 2. The van der Waals surface area contributed by atoms with Gasteiger partial charge in [-0.25, -0.2) is 9.97 Å². The maximum atomic E-state index is 9.28. The van der Waals surface area contributed by atoms with Crippen LogP contribution in [-0.4, -0.2) is 15.1 Å². The smallest absolute Gasteiger partial charge is 0.115 e. The first-order valence-corrected chi connectivity index (χ1v) is 5.07. The van der Waals surface area contributed by atoms with Crippen LogP contribution in [0.1, 0.15) is 11.1 Å². The van der Waals surface area contributed by atoms with Gasteiger partial charge >= 0.3 is 0 Å². The minimum Gasteiger partial charge on any atom is -0.508 e. The highest BCUT2D eigenvalue weighted by molar-refractivity contribution is 5.26. The van der Waals surface area contributed by atoms with E-state index in [2.05, 4.69) is 15.3 Å². The molecule has 0 atom stereocenters. The predicted octanol–water partition coefficient (Wildman–Crippen LogP) is 1.47. The van der Waals surface area contributed by atoms with Crippen LogP contribution in [0, 0.1) is 0 Å². The highest BCUT2D eigenvalue weighted by Crippen LogP contribution is 2.10. The minimum absolute atomic E-state index is 0.294. The van der Waals surface area contributed by atoms with Crippen molar-refractivity contribution in [3.63, 3.8) is 0 Å². The van der Waals surface area contributed by atoms with Crippen LogP contribution in [0.15, 0.2) is 43.0 Å². The number of nitrogens with one attached hydrogen (secondary N) is 1. The molecule has 4 nitrogen and oxygen atoms in total. The van der Waals surface area contributed by atoms with E-state index in [1.165, 1.54) is 6.33 Å². The third-order valence-electron chi connectivity index (χ3n) is 2.18. The van der Waals surface area contributed by atoms with Crippen molar-refractivity contribution in [3.8, 4) is 5.75 Å². The molecule has 16 heavy (non-hydrogen) atoms. The monoisotopic (exact) mass is 215 g/mol. The second-order valence-electron chi connectivity index (χ2n) is 3.52. The van der Waals surface area contributed by atoms with E-state index in [0.29, 0.717) is 12.3 Å². The third kappa shape index (κ3) is 3.03. The lowest BCUT2D eigenvalue weighted by atomic mass is 10.2. The van der Waals surface area contributed by atoms with Gasteiger partial charge in [-0.05, 0) is 17.7 Å². The largest absolute Gasteiger partial charge is 0.508 e. The van der Waals surface area contributed by atoms with Crippen molar-refractivity contribution in [1.82, 2.24) is 15.3 Å². The van der Waals surface area contributed by atoms with Crippen molar-refractivity contribution < 1.29 is 5.11 Å². The van der Waals surface area contributed by atoms with Crippen LogP contribution in [-0.2, 0) is 13.1 Å². The number of phenolic OH excluding ortho intramolecular Hbond substituents is 1. The molecule has 0 bridgehead atoms. The summed E-state index contributed by atoms with van der Waals surface area (Å²) in [5.41, 5.74) is 2.10. The SMILES string of the molecule is Oc1cccc(CNCc2cncnc2)c1. The van der Waals surface area contributed by atoms with Crippen molar-refractivity contribution >= 4 is 0 Å². The molecule has 1 aromatic carbocycles. The first kappa shape index (κ1) is 10.6. The second kappa shape index (κ2) is 5.23. The van der Waals surface area contributed by atoms with Crippen molar-refractivity contribution in [1.29, 1.82) is 0 Å². The molecule has 0 aliphatic rings. The Hall–Kier alpha value is -1.94. The summed E-state index contributed by atoms with van der Waals surface area (Å²) in [4.78, 5) is 7.87. The normalized spacial score (nSPS) is 10.2. The molecular weight excluding hydrogens is 202 g/mol. The number of hydrogen-bond donors (Lipinski definition) is 2. The van der Waals surface area contributed by atoms with E-state index in [4.69, 9.17) is 0 Å². The van der Waals surface area contributed by atoms with Crippen LogP contribution in [0.5, 0.6) is 5.75 Å². The van der Waals surface area contributed by atoms with Crippen LogP contribution in [0.4, 0.5) is 0 Å². The zero-order valence-corrected chi connectivity index (χ0v) is 8.80. The van der Waals surface area contributed by atoms with Gasteiger partial charge in [0.25, 0.3) is 0 Å². The summed E-state index contributed by atoms with van der Waals surface area (Å²) in [5, 5.41) is 12.5. The topological polar surface area (TPSA) is 58.0 Å². The van der Waals surface area contributed by atoms with E-state index in [9.17, 15) is 5.11 Å². The second-order valence-corrected chi connectivity index (χ2v) is 3.52. The summed E-state index contributed by atoms with van der Waals surface area (Å²) in [5.74, 6) is 0.294. The first-order valence-electron chi connectivity index (χ1n) is 5.07. The van der Waals surface area contributed by atoms with Crippen molar-refractivity contribution in [3.05, 3.63) is 54.1 Å². The molecular formula is C12H13N3O. The third-order valence-corrected chi connectivity index (χ3v) is 2.18. The molecule has 82 valence electrons. The Morgan fingerprint density at radius 1 is 1.06 bits per heavy atom. The molecule has 0 amide bonds. The quantitative estimate of drug-likeness (QED) is 0.811. The van der Waals surface area contributed by atoms with Crippen LogP contribution < -0.4 is 5.32 Å².